The van der Waals surface area contributed by atoms with E-state index in [1.54, 1.807) is 36.4 Å². The van der Waals surface area contributed by atoms with Gasteiger partial charge in [0.2, 0.25) is 11.9 Å². The third kappa shape index (κ3) is 5.09. The summed E-state index contributed by atoms with van der Waals surface area (Å²) in [6.45, 7) is 1.16. The van der Waals surface area contributed by atoms with E-state index in [1.807, 2.05) is 7.05 Å². The summed E-state index contributed by atoms with van der Waals surface area (Å²) >= 11 is 0. The first-order chi connectivity index (χ1) is 19.4. The van der Waals surface area contributed by atoms with Gasteiger partial charge in [-0.2, -0.15) is 4.98 Å². The number of hydrogen-bond acceptors (Lipinski definition) is 8. The van der Waals surface area contributed by atoms with E-state index in [9.17, 15) is 14.7 Å². The van der Waals surface area contributed by atoms with Crippen LogP contribution in [0.15, 0.2) is 24.4 Å². The third-order valence-electron chi connectivity index (χ3n) is 9.34. The van der Waals surface area contributed by atoms with Crippen LogP contribution in [0.2, 0.25) is 0 Å². The van der Waals surface area contributed by atoms with E-state index in [0.29, 0.717) is 42.1 Å². The molecule has 3 saturated carbocycles. The number of aliphatic hydroxyl groups excluding tert-OH is 1. The van der Waals surface area contributed by atoms with Crippen molar-refractivity contribution >= 4 is 35.0 Å². The topological polar surface area (TPSA) is 120 Å². The summed E-state index contributed by atoms with van der Waals surface area (Å²) in [6.07, 6.45) is 11.7. The Hall–Kier alpha value is -3.40. The molecule has 1 aromatic heterocycles. The molecule has 3 fully saturated rings. The maximum absolute atomic E-state index is 13.3. The summed E-state index contributed by atoms with van der Waals surface area (Å²) in [4.78, 5) is 39.8. The minimum Gasteiger partial charge on any atom is -0.495 e. The molecule has 10 heteroatoms. The minimum atomic E-state index is -0.353. The van der Waals surface area contributed by atoms with Gasteiger partial charge in [0, 0.05) is 37.7 Å². The molecule has 40 heavy (non-hydrogen) atoms. The molecule has 214 valence electrons. The Labute approximate surface area is 235 Å². The van der Waals surface area contributed by atoms with Gasteiger partial charge in [-0.05, 0) is 56.7 Å². The maximum atomic E-state index is 13.3. The zero-order valence-electron chi connectivity index (χ0n) is 23.5. The Balaban J connectivity index is 1.22. The third-order valence-corrected chi connectivity index (χ3v) is 9.34. The van der Waals surface area contributed by atoms with Crippen LogP contribution in [0.5, 0.6) is 5.75 Å². The highest BCUT2D eigenvalue weighted by Gasteiger charge is 2.55. The van der Waals surface area contributed by atoms with Crippen molar-refractivity contribution in [2.24, 2.45) is 11.3 Å². The number of carbonyl (C=O) groups excluding carboxylic acids is 2. The van der Waals surface area contributed by atoms with E-state index in [0.717, 1.165) is 62.9 Å². The van der Waals surface area contributed by atoms with Crippen molar-refractivity contribution < 1.29 is 19.4 Å². The number of nitrogens with zero attached hydrogens (tertiary/aromatic N) is 4. The number of benzene rings is 1. The molecule has 4 aliphatic rings. The van der Waals surface area contributed by atoms with Crippen molar-refractivity contribution in [2.45, 2.75) is 76.4 Å². The lowest BCUT2D eigenvalue weighted by Crippen LogP contribution is -2.41. The molecule has 3 N–H and O–H groups in total. The first kappa shape index (κ1) is 26.8. The number of fused-ring (bicyclic) bond motifs is 1. The number of aliphatic hydroxyl groups is 1. The zero-order valence-corrected chi connectivity index (χ0v) is 23.5. The quantitative estimate of drug-likeness (QED) is 0.475. The van der Waals surface area contributed by atoms with Crippen LogP contribution in [0.1, 0.15) is 74.6 Å². The Morgan fingerprint density at radius 3 is 2.62 bits per heavy atom. The first-order valence-electron chi connectivity index (χ1n) is 14.7. The minimum absolute atomic E-state index is 0.0961. The molecule has 0 bridgehead atoms. The molecule has 0 saturated heterocycles. The van der Waals surface area contributed by atoms with Gasteiger partial charge >= 0.3 is 0 Å². The highest BCUT2D eigenvalue weighted by molar-refractivity contribution is 6.03. The molecule has 1 unspecified atom stereocenters. The van der Waals surface area contributed by atoms with Gasteiger partial charge in [-0.3, -0.25) is 9.59 Å². The van der Waals surface area contributed by atoms with E-state index in [2.05, 4.69) is 20.5 Å². The number of hydrogen-bond donors (Lipinski definition) is 3. The number of rotatable bonds is 7. The van der Waals surface area contributed by atoms with Crippen molar-refractivity contribution in [3.63, 3.8) is 0 Å². The van der Waals surface area contributed by atoms with E-state index in [1.165, 1.54) is 12.8 Å². The smallest absolute Gasteiger partial charge is 0.251 e. The van der Waals surface area contributed by atoms with Crippen LogP contribution < -0.4 is 25.2 Å². The molecule has 3 aliphatic carbocycles. The average molecular weight is 549 g/mol. The fourth-order valence-corrected chi connectivity index (χ4v) is 6.66. The number of ether oxygens (including phenoxy) is 1. The summed E-state index contributed by atoms with van der Waals surface area (Å²) in [7, 11) is 3.40. The Morgan fingerprint density at radius 1 is 1.15 bits per heavy atom. The summed E-state index contributed by atoms with van der Waals surface area (Å²) in [5, 5.41) is 16.5. The van der Waals surface area contributed by atoms with E-state index < -0.39 is 0 Å². The van der Waals surface area contributed by atoms with Gasteiger partial charge in [0.1, 0.15) is 11.4 Å². The molecule has 2 amide bonds. The van der Waals surface area contributed by atoms with Crippen molar-refractivity contribution in [3.05, 3.63) is 30.0 Å². The number of anilines is 4. The van der Waals surface area contributed by atoms with Crippen LogP contribution in [-0.4, -0.2) is 66.3 Å². The molecule has 2 atom stereocenters. The summed E-state index contributed by atoms with van der Waals surface area (Å²) in [6, 6.07) is 5.61. The molecular weight excluding hydrogens is 508 g/mol. The zero-order chi connectivity index (χ0) is 27.9. The monoisotopic (exact) mass is 548 g/mol. The molecule has 1 spiro atoms. The lowest BCUT2D eigenvalue weighted by Gasteiger charge is -2.31. The molecule has 6 rings (SSSR count). The molecule has 0 radical (unpaired) electrons. The van der Waals surface area contributed by atoms with Gasteiger partial charge in [-0.25, -0.2) is 4.98 Å². The molecule has 10 nitrogen and oxygen atoms in total. The average Bonchev–Trinajstić information content (AvgIpc) is 3.58. The van der Waals surface area contributed by atoms with Gasteiger partial charge in [0.15, 0.2) is 5.82 Å². The number of aromatic nitrogens is 2. The molecule has 1 aliphatic heterocycles. The fraction of sp³-hybridized carbons (Fsp3) is 0.600. The SMILES string of the molecule is COc1cc(C(=O)NCC2CCCC[C@@H]2O)ccc1Nc1ncc2c(n1)N(C1CCCC1)CC1(CC1)C(=O)N2C. The van der Waals surface area contributed by atoms with Gasteiger partial charge in [0.05, 0.1) is 30.5 Å². The van der Waals surface area contributed by atoms with E-state index in [-0.39, 0.29) is 29.3 Å². The van der Waals surface area contributed by atoms with Crippen molar-refractivity contribution in [2.75, 3.05) is 42.4 Å². The first-order valence-corrected chi connectivity index (χ1v) is 14.7. The van der Waals surface area contributed by atoms with Gasteiger partial charge in [0.25, 0.3) is 5.91 Å². The lowest BCUT2D eigenvalue weighted by molar-refractivity contribution is -0.122. The predicted molar refractivity (Wildman–Crippen MR) is 153 cm³/mol. The van der Waals surface area contributed by atoms with Crippen LogP contribution in [0.25, 0.3) is 0 Å². The van der Waals surface area contributed by atoms with Crippen molar-refractivity contribution in [1.82, 2.24) is 15.3 Å². The Bertz CT molecular complexity index is 1270. The Kier molecular flexibility index (Phi) is 7.29. The molecule has 1 aromatic carbocycles. The van der Waals surface area contributed by atoms with Crippen molar-refractivity contribution in [1.29, 1.82) is 0 Å². The number of nitrogens with one attached hydrogen (secondary N) is 2. The normalized spacial score (nSPS) is 24.0. The molecular formula is C30H40N6O4. The largest absolute Gasteiger partial charge is 0.495 e. The van der Waals surface area contributed by atoms with Gasteiger partial charge < -0.3 is 30.3 Å². The van der Waals surface area contributed by atoms with Crippen LogP contribution in [0.4, 0.5) is 23.1 Å². The number of amides is 2. The second-order valence-electron chi connectivity index (χ2n) is 12.0. The lowest BCUT2D eigenvalue weighted by atomic mass is 9.86. The van der Waals surface area contributed by atoms with Crippen LogP contribution in [-0.2, 0) is 4.79 Å². The standard InChI is InChI=1S/C30H40N6O4/c1-35-23-17-32-29(34-26(23)36(21-8-4-5-9-21)18-30(13-14-30)28(35)39)33-22-12-11-19(15-25(22)40-2)27(38)31-16-20-7-3-6-10-24(20)37/h11-12,15,17,20-21,24,37H,3-10,13-14,16,18H2,1-2H3,(H,31,38)(H,32,33,34)/t20?,24-/m0/s1. The summed E-state index contributed by atoms with van der Waals surface area (Å²) < 4.78 is 5.62. The fourth-order valence-electron chi connectivity index (χ4n) is 6.66. The Morgan fingerprint density at radius 2 is 1.90 bits per heavy atom. The second-order valence-corrected chi connectivity index (χ2v) is 12.0. The highest BCUT2D eigenvalue weighted by Crippen LogP contribution is 2.52. The molecule has 2 aromatic rings. The summed E-state index contributed by atoms with van der Waals surface area (Å²) in [5.74, 6) is 1.77. The van der Waals surface area contributed by atoms with Crippen LogP contribution >= 0.6 is 0 Å². The second kappa shape index (κ2) is 10.9. The van der Waals surface area contributed by atoms with Gasteiger partial charge in [-0.15, -0.1) is 0 Å². The van der Waals surface area contributed by atoms with E-state index >= 15 is 0 Å². The maximum Gasteiger partial charge on any atom is 0.251 e. The molecule has 2 heterocycles. The number of carbonyl (C=O) groups is 2. The van der Waals surface area contributed by atoms with Crippen molar-refractivity contribution in [3.8, 4) is 5.75 Å². The summed E-state index contributed by atoms with van der Waals surface area (Å²) in [5.41, 5.74) is 1.57. The van der Waals surface area contributed by atoms with E-state index in [4.69, 9.17) is 9.72 Å². The predicted octanol–water partition coefficient (Wildman–Crippen LogP) is 4.02. The van der Waals surface area contributed by atoms with Gasteiger partial charge in [-0.1, -0.05) is 25.7 Å². The van der Waals surface area contributed by atoms with Crippen LogP contribution in [0.3, 0.4) is 0 Å². The highest BCUT2D eigenvalue weighted by atomic mass is 16.5. The van der Waals surface area contributed by atoms with Crippen LogP contribution in [0, 0.1) is 11.3 Å². The number of methoxy groups -OCH3 is 1.